The Morgan fingerprint density at radius 2 is 1.52 bits per heavy atom. The molecule has 0 aromatic heterocycles. The van der Waals surface area contributed by atoms with E-state index < -0.39 is 0 Å². The third-order valence-corrected chi connectivity index (χ3v) is 5.07. The van der Waals surface area contributed by atoms with E-state index >= 15 is 0 Å². The largest absolute Gasteiger partial charge is 0.352 e. The van der Waals surface area contributed by atoms with Gasteiger partial charge >= 0.3 is 0 Å². The van der Waals surface area contributed by atoms with Crippen molar-refractivity contribution < 1.29 is 4.79 Å². The highest BCUT2D eigenvalue weighted by Crippen LogP contribution is 2.22. The Hall–Kier alpha value is -0.610. The van der Waals surface area contributed by atoms with E-state index in [2.05, 4.69) is 10.2 Å². The van der Waals surface area contributed by atoms with Crippen molar-refractivity contribution in [1.82, 2.24) is 10.2 Å². The number of carbonyl (C=O) groups excluding carboxylic acids is 1. The normalized spacial score (nSPS) is 22.2. The number of hydrogen-bond acceptors (Lipinski definition) is 3. The van der Waals surface area contributed by atoms with E-state index in [0.717, 1.165) is 19.4 Å². The second-order valence-electron chi connectivity index (χ2n) is 6.81. The summed E-state index contributed by atoms with van der Waals surface area (Å²) >= 11 is 0. The van der Waals surface area contributed by atoms with Gasteiger partial charge in [-0.3, -0.25) is 9.69 Å². The van der Waals surface area contributed by atoms with Crippen molar-refractivity contribution in [3.8, 4) is 0 Å². The van der Waals surface area contributed by atoms with Crippen LogP contribution in [-0.2, 0) is 4.79 Å². The first-order valence-electron chi connectivity index (χ1n) is 9.03. The Balaban J connectivity index is 1.79. The zero-order chi connectivity index (χ0) is 14.9. The smallest absolute Gasteiger partial charge is 0.234 e. The molecule has 0 unspecified atom stereocenters. The number of amides is 1. The third-order valence-electron chi connectivity index (χ3n) is 5.07. The summed E-state index contributed by atoms with van der Waals surface area (Å²) in [5.74, 6) is 0.209. The van der Waals surface area contributed by atoms with Gasteiger partial charge in [0.15, 0.2) is 0 Å². The molecule has 0 aromatic rings. The van der Waals surface area contributed by atoms with E-state index in [1.807, 2.05) is 0 Å². The van der Waals surface area contributed by atoms with Crippen molar-refractivity contribution >= 4 is 5.91 Å². The highest BCUT2D eigenvalue weighted by Gasteiger charge is 2.23. The quantitative estimate of drug-likeness (QED) is 0.740. The molecule has 0 radical (unpaired) electrons. The molecule has 4 heteroatoms. The van der Waals surface area contributed by atoms with E-state index in [-0.39, 0.29) is 5.91 Å². The van der Waals surface area contributed by atoms with Gasteiger partial charge in [0.25, 0.3) is 0 Å². The maximum absolute atomic E-state index is 12.4. The van der Waals surface area contributed by atoms with Crippen molar-refractivity contribution in [2.75, 3.05) is 19.6 Å². The molecular weight excluding hydrogens is 262 g/mol. The fourth-order valence-electron chi connectivity index (χ4n) is 3.88. The second-order valence-corrected chi connectivity index (χ2v) is 6.81. The SMILES string of the molecule is NCCN(CC(=O)NC1CCCCCC1)C1CCCCC1. The van der Waals surface area contributed by atoms with Crippen molar-refractivity contribution in [3.05, 3.63) is 0 Å². The van der Waals surface area contributed by atoms with Gasteiger partial charge < -0.3 is 11.1 Å². The van der Waals surface area contributed by atoms with E-state index in [1.165, 1.54) is 57.8 Å². The molecule has 2 rings (SSSR count). The van der Waals surface area contributed by atoms with Gasteiger partial charge in [-0.25, -0.2) is 0 Å². The van der Waals surface area contributed by atoms with Crippen LogP contribution < -0.4 is 11.1 Å². The fourth-order valence-corrected chi connectivity index (χ4v) is 3.88. The molecule has 2 saturated carbocycles. The van der Waals surface area contributed by atoms with Gasteiger partial charge in [-0.15, -0.1) is 0 Å². The minimum Gasteiger partial charge on any atom is -0.352 e. The molecule has 2 aliphatic rings. The molecule has 3 N–H and O–H groups in total. The van der Waals surface area contributed by atoms with Crippen molar-refractivity contribution in [3.63, 3.8) is 0 Å². The van der Waals surface area contributed by atoms with Crippen molar-refractivity contribution in [2.24, 2.45) is 5.73 Å². The molecule has 2 aliphatic carbocycles. The molecule has 0 bridgehead atoms. The molecule has 4 nitrogen and oxygen atoms in total. The highest BCUT2D eigenvalue weighted by molar-refractivity contribution is 5.78. The number of nitrogens with one attached hydrogen (secondary N) is 1. The van der Waals surface area contributed by atoms with Crippen LogP contribution in [0.15, 0.2) is 0 Å². The highest BCUT2D eigenvalue weighted by atomic mass is 16.2. The van der Waals surface area contributed by atoms with Gasteiger partial charge in [-0.1, -0.05) is 44.9 Å². The minimum absolute atomic E-state index is 0.209. The lowest BCUT2D eigenvalue weighted by Gasteiger charge is -2.34. The van der Waals surface area contributed by atoms with Gasteiger partial charge in [-0.2, -0.15) is 0 Å². The summed E-state index contributed by atoms with van der Waals surface area (Å²) in [5.41, 5.74) is 5.74. The topological polar surface area (TPSA) is 58.4 Å². The lowest BCUT2D eigenvalue weighted by atomic mass is 9.94. The van der Waals surface area contributed by atoms with Gasteiger partial charge in [0, 0.05) is 25.2 Å². The first kappa shape index (κ1) is 16.8. The maximum atomic E-state index is 12.4. The van der Waals surface area contributed by atoms with Crippen LogP contribution in [0.1, 0.15) is 70.6 Å². The Bertz CT molecular complexity index is 294. The molecule has 122 valence electrons. The van der Waals surface area contributed by atoms with Crippen LogP contribution in [0, 0.1) is 0 Å². The lowest BCUT2D eigenvalue weighted by Crippen LogP contribution is -2.47. The van der Waals surface area contributed by atoms with Gasteiger partial charge in [-0.05, 0) is 25.7 Å². The zero-order valence-corrected chi connectivity index (χ0v) is 13.5. The summed E-state index contributed by atoms with van der Waals surface area (Å²) in [6.07, 6.45) is 13.9. The van der Waals surface area contributed by atoms with E-state index in [4.69, 9.17) is 5.73 Å². The number of nitrogens with two attached hydrogens (primary N) is 1. The van der Waals surface area contributed by atoms with E-state index in [9.17, 15) is 4.79 Å². The molecule has 0 aliphatic heterocycles. The number of hydrogen-bond donors (Lipinski definition) is 2. The van der Waals surface area contributed by atoms with Crippen LogP contribution in [0.25, 0.3) is 0 Å². The summed E-state index contributed by atoms with van der Waals surface area (Å²) in [7, 11) is 0. The molecule has 0 heterocycles. The molecule has 0 atom stereocenters. The third kappa shape index (κ3) is 5.95. The lowest BCUT2D eigenvalue weighted by molar-refractivity contribution is -0.123. The van der Waals surface area contributed by atoms with Gasteiger partial charge in [0.2, 0.25) is 5.91 Å². The molecule has 0 saturated heterocycles. The van der Waals surface area contributed by atoms with Crippen molar-refractivity contribution in [2.45, 2.75) is 82.7 Å². The molecule has 2 fully saturated rings. The molecule has 0 spiro atoms. The molecular formula is C17H33N3O. The average Bonchev–Trinajstić information content (AvgIpc) is 2.76. The summed E-state index contributed by atoms with van der Waals surface area (Å²) in [4.78, 5) is 14.7. The summed E-state index contributed by atoms with van der Waals surface area (Å²) < 4.78 is 0. The molecule has 1 amide bonds. The first-order chi connectivity index (χ1) is 10.3. The Morgan fingerprint density at radius 3 is 2.14 bits per heavy atom. The Labute approximate surface area is 129 Å². The van der Waals surface area contributed by atoms with Crippen LogP contribution in [0.2, 0.25) is 0 Å². The average molecular weight is 295 g/mol. The van der Waals surface area contributed by atoms with Crippen LogP contribution in [0.3, 0.4) is 0 Å². The zero-order valence-electron chi connectivity index (χ0n) is 13.5. The molecule has 21 heavy (non-hydrogen) atoms. The fraction of sp³-hybridized carbons (Fsp3) is 0.941. The van der Waals surface area contributed by atoms with Crippen LogP contribution in [-0.4, -0.2) is 42.5 Å². The second kappa shape index (κ2) is 9.42. The van der Waals surface area contributed by atoms with Crippen molar-refractivity contribution in [1.29, 1.82) is 0 Å². The first-order valence-corrected chi connectivity index (χ1v) is 9.03. The van der Waals surface area contributed by atoms with Gasteiger partial charge in [0.1, 0.15) is 0 Å². The Morgan fingerprint density at radius 1 is 0.952 bits per heavy atom. The van der Waals surface area contributed by atoms with Gasteiger partial charge in [0.05, 0.1) is 6.54 Å². The summed E-state index contributed by atoms with van der Waals surface area (Å²) in [6, 6.07) is 0.980. The predicted molar refractivity (Wildman–Crippen MR) is 87.1 cm³/mol. The van der Waals surface area contributed by atoms with Crippen LogP contribution in [0.5, 0.6) is 0 Å². The maximum Gasteiger partial charge on any atom is 0.234 e. The van der Waals surface area contributed by atoms with E-state index in [0.29, 0.717) is 25.2 Å². The summed E-state index contributed by atoms with van der Waals surface area (Å²) in [5, 5.41) is 3.27. The molecule has 0 aromatic carbocycles. The summed E-state index contributed by atoms with van der Waals surface area (Å²) in [6.45, 7) is 2.04. The standard InChI is InChI=1S/C17H33N3O/c18-12-13-20(16-10-6-3-7-11-16)14-17(21)19-15-8-4-1-2-5-9-15/h15-16H,1-14,18H2,(H,19,21). The number of carbonyl (C=O) groups is 1. The van der Waals surface area contributed by atoms with Crippen LogP contribution >= 0.6 is 0 Å². The monoisotopic (exact) mass is 295 g/mol. The number of rotatable bonds is 6. The van der Waals surface area contributed by atoms with Crippen LogP contribution in [0.4, 0.5) is 0 Å². The predicted octanol–water partition coefficient (Wildman–Crippen LogP) is 2.42. The minimum atomic E-state index is 0.209. The van der Waals surface area contributed by atoms with E-state index in [1.54, 1.807) is 0 Å². The number of nitrogens with zero attached hydrogens (tertiary/aromatic N) is 1. The Kier molecular flexibility index (Phi) is 7.51.